The quantitative estimate of drug-likeness (QED) is 0.433. The Labute approximate surface area is 190 Å². The van der Waals surface area contributed by atoms with Crippen molar-refractivity contribution in [3.05, 3.63) is 74.3 Å². The molecule has 1 atom stereocenters. The second-order valence-electron chi connectivity index (χ2n) is 8.36. The van der Waals surface area contributed by atoms with Crippen molar-refractivity contribution in [1.82, 2.24) is 19.8 Å². The number of halogens is 1. The fourth-order valence-electron chi connectivity index (χ4n) is 4.82. The summed E-state index contributed by atoms with van der Waals surface area (Å²) in [6.07, 6.45) is 0.942. The number of fused-ring (bicyclic) bond motifs is 3. The number of carbonyl (C=O) groups excluding carboxylic acids is 2. The summed E-state index contributed by atoms with van der Waals surface area (Å²) in [6.45, 7) is 0.277. The van der Waals surface area contributed by atoms with Crippen LogP contribution in [0.1, 0.15) is 16.8 Å². The van der Waals surface area contributed by atoms with Gasteiger partial charge in [-0.2, -0.15) is 0 Å². The highest BCUT2D eigenvalue weighted by Crippen LogP contribution is 2.38. The van der Waals surface area contributed by atoms with Gasteiger partial charge < -0.3 is 9.32 Å². The van der Waals surface area contributed by atoms with Crippen LogP contribution in [0.25, 0.3) is 22.0 Å². The van der Waals surface area contributed by atoms with E-state index in [9.17, 15) is 14.4 Å². The molecule has 0 radical (unpaired) electrons. The molecule has 6 rings (SSSR count). The number of nitrogens with zero attached hydrogens (tertiary/aromatic N) is 3. The van der Waals surface area contributed by atoms with Gasteiger partial charge in [0.05, 0.1) is 27.7 Å². The van der Waals surface area contributed by atoms with E-state index in [4.69, 9.17) is 9.40 Å². The van der Waals surface area contributed by atoms with Crippen LogP contribution in [0.2, 0.25) is 0 Å². The smallest absolute Gasteiger partial charge is 0.406 e. The van der Waals surface area contributed by atoms with Gasteiger partial charge in [-0.05, 0) is 57.4 Å². The van der Waals surface area contributed by atoms with Crippen molar-refractivity contribution in [1.29, 1.82) is 0 Å². The summed E-state index contributed by atoms with van der Waals surface area (Å²) < 4.78 is 7.67. The van der Waals surface area contributed by atoms with E-state index < -0.39 is 11.3 Å². The lowest BCUT2D eigenvalue weighted by Gasteiger charge is -2.27. The summed E-state index contributed by atoms with van der Waals surface area (Å²) in [7, 11) is 1.66. The molecule has 3 heterocycles. The molecule has 3 amide bonds. The summed E-state index contributed by atoms with van der Waals surface area (Å²) in [4.78, 5) is 43.3. The van der Waals surface area contributed by atoms with Crippen LogP contribution in [0, 0.1) is 0 Å². The highest BCUT2D eigenvalue weighted by molar-refractivity contribution is 9.10. The molecule has 2 aromatic heterocycles. The van der Waals surface area contributed by atoms with E-state index in [0.717, 1.165) is 32.2 Å². The van der Waals surface area contributed by atoms with E-state index in [1.807, 2.05) is 42.5 Å². The lowest BCUT2D eigenvalue weighted by molar-refractivity contribution is -0.125. The van der Waals surface area contributed by atoms with Crippen molar-refractivity contribution in [3.8, 4) is 0 Å². The largest absolute Gasteiger partial charge is 0.420 e. The van der Waals surface area contributed by atoms with Crippen LogP contribution in [-0.4, -0.2) is 39.0 Å². The number of para-hydroxylation sites is 1. The third kappa shape index (κ3) is 2.60. The van der Waals surface area contributed by atoms with E-state index >= 15 is 0 Å². The van der Waals surface area contributed by atoms with Gasteiger partial charge in [0.1, 0.15) is 5.54 Å². The molecule has 0 saturated carbocycles. The minimum atomic E-state index is -0.865. The minimum Gasteiger partial charge on any atom is -0.406 e. The molecule has 1 N–H and O–H groups in total. The van der Waals surface area contributed by atoms with Crippen molar-refractivity contribution >= 4 is 49.9 Å². The SMILES string of the molecule is CN1C(=O)NC(=O)C12Cc1cc3ccc(Cn4c(=O)oc5c(Br)cccc54)nc3cc1C2. The summed E-state index contributed by atoms with van der Waals surface area (Å²) in [5, 5.41) is 3.37. The van der Waals surface area contributed by atoms with Crippen molar-refractivity contribution in [2.45, 2.75) is 24.9 Å². The monoisotopic (exact) mass is 492 g/mol. The number of hydrogen-bond acceptors (Lipinski definition) is 5. The van der Waals surface area contributed by atoms with Crippen LogP contribution in [0.3, 0.4) is 0 Å². The molecular weight excluding hydrogens is 476 g/mol. The number of carbonyl (C=O) groups is 2. The van der Waals surface area contributed by atoms with Crippen molar-refractivity contribution in [2.75, 3.05) is 7.05 Å². The first-order valence-electron chi connectivity index (χ1n) is 10.1. The normalized spacial score (nSPS) is 20.0. The molecule has 2 aliphatic rings. The van der Waals surface area contributed by atoms with Gasteiger partial charge in [0.2, 0.25) is 0 Å². The number of oxazole rings is 1. The minimum absolute atomic E-state index is 0.253. The maximum Gasteiger partial charge on any atom is 0.420 e. The molecular formula is C23H17BrN4O4. The van der Waals surface area contributed by atoms with Gasteiger partial charge in [-0.25, -0.2) is 9.59 Å². The van der Waals surface area contributed by atoms with Crippen molar-refractivity contribution < 1.29 is 14.0 Å². The number of rotatable bonds is 2. The van der Waals surface area contributed by atoms with Crippen LogP contribution < -0.4 is 11.1 Å². The van der Waals surface area contributed by atoms with Crippen LogP contribution in [-0.2, 0) is 24.2 Å². The number of pyridine rings is 1. The molecule has 32 heavy (non-hydrogen) atoms. The molecule has 1 saturated heterocycles. The summed E-state index contributed by atoms with van der Waals surface area (Å²) in [5.41, 5.74) is 3.90. The van der Waals surface area contributed by atoms with Gasteiger partial charge in [-0.1, -0.05) is 12.1 Å². The fraction of sp³-hybridized carbons (Fsp3) is 0.217. The Morgan fingerprint density at radius 1 is 1.12 bits per heavy atom. The average molecular weight is 493 g/mol. The number of nitrogens with one attached hydrogen (secondary N) is 1. The predicted octanol–water partition coefficient (Wildman–Crippen LogP) is 2.97. The number of imide groups is 1. The van der Waals surface area contributed by atoms with Crippen LogP contribution in [0.5, 0.6) is 0 Å². The van der Waals surface area contributed by atoms with E-state index in [1.54, 1.807) is 11.6 Å². The van der Waals surface area contributed by atoms with Crippen LogP contribution >= 0.6 is 15.9 Å². The summed E-state index contributed by atoms with van der Waals surface area (Å²) >= 11 is 3.41. The third-order valence-corrected chi connectivity index (χ3v) is 7.22. The first-order chi connectivity index (χ1) is 15.4. The van der Waals surface area contributed by atoms with Crippen LogP contribution in [0.4, 0.5) is 4.79 Å². The zero-order valence-corrected chi connectivity index (χ0v) is 18.6. The number of urea groups is 1. The molecule has 1 spiro atoms. The second-order valence-corrected chi connectivity index (χ2v) is 9.22. The molecule has 1 aliphatic carbocycles. The number of likely N-dealkylation sites (N-methyl/N-ethyl adjacent to an activating group) is 1. The maximum atomic E-state index is 12.5. The second kappa shape index (κ2) is 6.52. The maximum absolute atomic E-state index is 12.5. The average Bonchev–Trinajstić information content (AvgIpc) is 3.36. The number of hydrogen-bond donors (Lipinski definition) is 1. The predicted molar refractivity (Wildman–Crippen MR) is 120 cm³/mol. The topological polar surface area (TPSA) is 97.4 Å². The Morgan fingerprint density at radius 3 is 2.66 bits per heavy atom. The fourth-order valence-corrected chi connectivity index (χ4v) is 5.26. The standard InChI is InChI=1S/C23H17BrN4O4/c1-27-21(30)26-20(29)23(27)9-13-7-12-5-6-15(25-17(12)8-14(13)10-23)11-28-18-4-2-3-16(24)19(18)32-22(28)31/h2-8H,9-11H2,1H3,(H,26,29,30). The molecule has 4 aromatic rings. The molecule has 9 heteroatoms. The highest BCUT2D eigenvalue weighted by atomic mass is 79.9. The molecule has 1 fully saturated rings. The van der Waals surface area contributed by atoms with Gasteiger partial charge in [-0.3, -0.25) is 19.7 Å². The van der Waals surface area contributed by atoms with E-state index in [-0.39, 0.29) is 18.5 Å². The van der Waals surface area contributed by atoms with Gasteiger partial charge in [-0.15, -0.1) is 0 Å². The molecule has 160 valence electrons. The van der Waals surface area contributed by atoms with Gasteiger partial charge in [0.25, 0.3) is 5.91 Å². The molecule has 2 aromatic carbocycles. The molecule has 1 unspecified atom stereocenters. The van der Waals surface area contributed by atoms with Gasteiger partial charge in [0, 0.05) is 25.3 Å². The third-order valence-electron chi connectivity index (χ3n) is 6.59. The molecule has 1 aliphatic heterocycles. The number of amides is 3. The lowest BCUT2D eigenvalue weighted by Crippen LogP contribution is -2.48. The Morgan fingerprint density at radius 2 is 1.91 bits per heavy atom. The number of benzene rings is 2. The van der Waals surface area contributed by atoms with E-state index in [1.165, 1.54) is 4.90 Å². The first kappa shape index (κ1) is 19.2. The molecule has 0 bridgehead atoms. The van der Waals surface area contributed by atoms with E-state index in [0.29, 0.717) is 23.9 Å². The van der Waals surface area contributed by atoms with Gasteiger partial charge in [0.15, 0.2) is 5.58 Å². The summed E-state index contributed by atoms with van der Waals surface area (Å²) in [5.74, 6) is -0.694. The molecule has 8 nitrogen and oxygen atoms in total. The Kier molecular flexibility index (Phi) is 3.92. The first-order valence-corrected chi connectivity index (χ1v) is 10.9. The Hall–Kier alpha value is -3.46. The lowest BCUT2D eigenvalue weighted by atomic mass is 9.95. The zero-order chi connectivity index (χ0) is 22.2. The van der Waals surface area contributed by atoms with Crippen molar-refractivity contribution in [3.63, 3.8) is 0 Å². The van der Waals surface area contributed by atoms with Crippen LogP contribution in [0.15, 0.2) is 56.1 Å². The Bertz CT molecular complexity index is 1540. The number of aromatic nitrogens is 2. The summed E-state index contributed by atoms with van der Waals surface area (Å²) in [6, 6.07) is 13.0. The van der Waals surface area contributed by atoms with Crippen molar-refractivity contribution in [2.24, 2.45) is 0 Å². The highest BCUT2D eigenvalue weighted by Gasteiger charge is 2.54. The Balaban J connectivity index is 1.38. The zero-order valence-electron chi connectivity index (χ0n) is 17.0. The van der Waals surface area contributed by atoms with E-state index in [2.05, 4.69) is 21.2 Å². The van der Waals surface area contributed by atoms with Gasteiger partial charge >= 0.3 is 11.8 Å².